The van der Waals surface area contributed by atoms with Gasteiger partial charge >= 0.3 is 0 Å². The molecule has 8 heteroatoms. The van der Waals surface area contributed by atoms with Gasteiger partial charge in [-0.2, -0.15) is 0 Å². The number of hydrogen-bond donors (Lipinski definition) is 1. The summed E-state index contributed by atoms with van der Waals surface area (Å²) < 4.78 is 12.9. The lowest BCUT2D eigenvalue weighted by atomic mass is 10.1. The van der Waals surface area contributed by atoms with Gasteiger partial charge in [-0.05, 0) is 37.6 Å². The van der Waals surface area contributed by atoms with Crippen molar-refractivity contribution in [2.75, 3.05) is 20.2 Å². The number of rotatable bonds is 5. The molecule has 2 atom stereocenters. The third kappa shape index (κ3) is 4.69. The Morgan fingerprint density at radius 2 is 1.81 bits per heavy atom. The zero-order chi connectivity index (χ0) is 21.8. The summed E-state index contributed by atoms with van der Waals surface area (Å²) in [7, 11) is 1.60. The minimum Gasteiger partial charge on any atom is -0.497 e. The summed E-state index contributed by atoms with van der Waals surface area (Å²) in [5, 5.41) is 15.0. The Morgan fingerprint density at radius 1 is 1.06 bits per heavy atom. The van der Waals surface area contributed by atoms with Crippen LogP contribution in [-0.4, -0.2) is 63.1 Å². The molecule has 0 aliphatic carbocycles. The van der Waals surface area contributed by atoms with Crippen LogP contribution in [0.4, 0.5) is 0 Å². The van der Waals surface area contributed by atoms with Crippen LogP contribution >= 0.6 is 0 Å². The van der Waals surface area contributed by atoms with Crippen molar-refractivity contribution in [3.63, 3.8) is 0 Å². The van der Waals surface area contributed by atoms with Crippen LogP contribution in [0.15, 0.2) is 54.6 Å². The molecule has 0 saturated carbocycles. The number of aromatic nitrogens is 3. The molecule has 2 aromatic carbocycles. The highest BCUT2D eigenvalue weighted by atomic mass is 16.5. The summed E-state index contributed by atoms with van der Waals surface area (Å²) in [5.74, 6) is 1.87. The molecule has 0 radical (unpaired) electrons. The smallest absolute Gasteiger partial charge is 0.293 e. The summed E-state index contributed by atoms with van der Waals surface area (Å²) in [4.78, 5) is 19.1. The molecule has 1 aliphatic rings. The quantitative estimate of drug-likeness (QED) is 0.680. The number of para-hydroxylation sites is 1. The molecule has 31 heavy (non-hydrogen) atoms. The third-order valence-corrected chi connectivity index (χ3v) is 5.38. The number of benzene rings is 2. The van der Waals surface area contributed by atoms with Crippen molar-refractivity contribution in [2.24, 2.45) is 0 Å². The van der Waals surface area contributed by atoms with Crippen molar-refractivity contribution in [1.82, 2.24) is 19.7 Å². The van der Waals surface area contributed by atoms with E-state index >= 15 is 0 Å². The minimum absolute atomic E-state index is 0.156. The van der Waals surface area contributed by atoms with Crippen molar-refractivity contribution in [3.05, 3.63) is 66.2 Å². The van der Waals surface area contributed by atoms with E-state index in [-0.39, 0.29) is 11.7 Å². The Morgan fingerprint density at radius 3 is 2.58 bits per heavy atom. The van der Waals surface area contributed by atoms with E-state index in [0.717, 1.165) is 5.69 Å². The van der Waals surface area contributed by atoms with Crippen molar-refractivity contribution >= 4 is 5.91 Å². The maximum absolute atomic E-state index is 13.1. The first kappa shape index (κ1) is 20.9. The zero-order valence-electron chi connectivity index (χ0n) is 17.6. The number of hydrogen-bond acceptors (Lipinski definition) is 6. The average molecular weight is 422 g/mol. The number of aliphatic hydroxyl groups is 1. The van der Waals surface area contributed by atoms with Crippen LogP contribution < -0.4 is 9.47 Å². The number of carbonyl (C=O) groups is 1. The van der Waals surface area contributed by atoms with Crippen molar-refractivity contribution in [2.45, 2.75) is 32.0 Å². The van der Waals surface area contributed by atoms with Crippen molar-refractivity contribution in [3.8, 4) is 17.2 Å². The molecule has 1 saturated heterocycles. The maximum atomic E-state index is 13.1. The molecule has 1 N–H and O–H groups in total. The van der Waals surface area contributed by atoms with Crippen molar-refractivity contribution in [1.29, 1.82) is 0 Å². The molecule has 0 bridgehead atoms. The number of amides is 1. The fraction of sp³-hybridized carbons (Fsp3) is 0.348. The first-order valence-electron chi connectivity index (χ1n) is 10.3. The van der Waals surface area contributed by atoms with E-state index in [1.807, 2.05) is 55.5 Å². The fourth-order valence-electron chi connectivity index (χ4n) is 3.69. The highest BCUT2D eigenvalue weighted by Gasteiger charge is 2.30. The summed E-state index contributed by atoms with van der Waals surface area (Å²) in [6.07, 6.45) is -0.177. The molecular weight excluding hydrogens is 396 g/mol. The second-order valence-electron chi connectivity index (χ2n) is 7.50. The summed E-state index contributed by atoms with van der Waals surface area (Å²) in [5.41, 5.74) is 0.851. The average Bonchev–Trinajstić information content (AvgIpc) is 3.10. The van der Waals surface area contributed by atoms with Gasteiger partial charge in [-0.3, -0.25) is 4.79 Å². The Labute approximate surface area is 181 Å². The number of nitrogens with zero attached hydrogens (tertiary/aromatic N) is 4. The number of methoxy groups -OCH3 is 1. The molecule has 2 heterocycles. The number of carbonyl (C=O) groups excluding carboxylic acids is 1. The SMILES string of the molecule is COc1cccc(O[C@H]2CCN(C(=O)c3nc(C)n(-c4ccccc4)n3)CC[C@@H]2O)c1. The molecule has 1 fully saturated rings. The predicted molar refractivity (Wildman–Crippen MR) is 115 cm³/mol. The van der Waals surface area contributed by atoms with Gasteiger partial charge in [0.25, 0.3) is 5.91 Å². The Kier molecular flexibility index (Phi) is 6.18. The van der Waals surface area contributed by atoms with Crippen LogP contribution in [-0.2, 0) is 0 Å². The zero-order valence-corrected chi connectivity index (χ0v) is 17.6. The first-order chi connectivity index (χ1) is 15.0. The Hall–Kier alpha value is -3.39. The number of aliphatic hydroxyl groups excluding tert-OH is 1. The highest BCUT2D eigenvalue weighted by molar-refractivity contribution is 5.90. The van der Waals surface area contributed by atoms with Crippen molar-refractivity contribution < 1.29 is 19.4 Å². The monoisotopic (exact) mass is 422 g/mol. The highest BCUT2D eigenvalue weighted by Crippen LogP contribution is 2.24. The maximum Gasteiger partial charge on any atom is 0.293 e. The van der Waals surface area contributed by atoms with Crippen LogP contribution in [0.1, 0.15) is 29.3 Å². The second kappa shape index (κ2) is 9.18. The Balaban J connectivity index is 1.45. The standard InChI is InChI=1S/C23H26N4O4/c1-16-24-22(25-27(16)17-7-4-3-5-8-17)23(29)26-13-11-20(28)21(12-14-26)31-19-10-6-9-18(15-19)30-2/h3-10,15,20-21,28H,11-14H2,1-2H3/t20-,21-/m0/s1. The second-order valence-corrected chi connectivity index (χ2v) is 7.50. The van der Waals surface area contributed by atoms with Crippen LogP contribution in [0.5, 0.6) is 11.5 Å². The summed E-state index contributed by atoms with van der Waals surface area (Å²) >= 11 is 0. The normalized spacial score (nSPS) is 19.0. The predicted octanol–water partition coefficient (Wildman–Crippen LogP) is 2.63. The van der Waals surface area contributed by atoms with E-state index in [1.54, 1.807) is 22.8 Å². The largest absolute Gasteiger partial charge is 0.497 e. The first-order valence-corrected chi connectivity index (χ1v) is 10.3. The van der Waals surface area contributed by atoms with E-state index in [9.17, 15) is 9.90 Å². The van der Waals surface area contributed by atoms with Gasteiger partial charge in [0, 0.05) is 25.6 Å². The Bertz CT molecular complexity index is 1040. The van der Waals surface area contributed by atoms with E-state index in [4.69, 9.17) is 9.47 Å². The number of likely N-dealkylation sites (tertiary alicyclic amines) is 1. The molecule has 0 unspecified atom stereocenters. The third-order valence-electron chi connectivity index (χ3n) is 5.38. The minimum atomic E-state index is -0.680. The van der Waals surface area contributed by atoms with E-state index in [2.05, 4.69) is 10.1 Å². The van der Waals surface area contributed by atoms with Crippen LogP contribution in [0.2, 0.25) is 0 Å². The lowest BCUT2D eigenvalue weighted by Gasteiger charge is -2.22. The van der Waals surface area contributed by atoms with E-state index in [1.165, 1.54) is 0 Å². The van der Waals surface area contributed by atoms with Gasteiger partial charge in [0.1, 0.15) is 23.4 Å². The molecule has 1 amide bonds. The van der Waals surface area contributed by atoms with Gasteiger partial charge in [-0.25, -0.2) is 9.67 Å². The number of ether oxygens (including phenoxy) is 2. The molecule has 8 nitrogen and oxygen atoms in total. The van der Waals surface area contributed by atoms with Crippen LogP contribution in [0, 0.1) is 6.92 Å². The molecule has 0 spiro atoms. The fourth-order valence-corrected chi connectivity index (χ4v) is 3.69. The molecule has 4 rings (SSSR count). The van der Waals surface area contributed by atoms with Gasteiger partial charge in [-0.1, -0.05) is 24.3 Å². The van der Waals surface area contributed by atoms with Crippen LogP contribution in [0.3, 0.4) is 0 Å². The van der Waals surface area contributed by atoms with Gasteiger partial charge in [0.05, 0.1) is 18.9 Å². The summed E-state index contributed by atoms with van der Waals surface area (Å²) in [6, 6.07) is 16.9. The molecule has 3 aromatic rings. The van der Waals surface area contributed by atoms with Gasteiger partial charge in [-0.15, -0.1) is 5.10 Å². The van der Waals surface area contributed by atoms with Gasteiger partial charge in [0.2, 0.25) is 5.82 Å². The number of aryl methyl sites for hydroxylation is 1. The van der Waals surface area contributed by atoms with Gasteiger partial charge in [0.15, 0.2) is 0 Å². The lowest BCUT2D eigenvalue weighted by Crippen LogP contribution is -2.33. The van der Waals surface area contributed by atoms with E-state index < -0.39 is 12.2 Å². The van der Waals surface area contributed by atoms with E-state index in [0.29, 0.717) is 43.3 Å². The summed E-state index contributed by atoms with van der Waals surface area (Å²) in [6.45, 7) is 2.68. The molecular formula is C23H26N4O4. The molecule has 162 valence electrons. The topological polar surface area (TPSA) is 89.7 Å². The molecule has 1 aromatic heterocycles. The lowest BCUT2D eigenvalue weighted by molar-refractivity contribution is 0.0349. The van der Waals surface area contributed by atoms with Crippen LogP contribution in [0.25, 0.3) is 5.69 Å². The van der Waals surface area contributed by atoms with Gasteiger partial charge < -0.3 is 19.5 Å². The molecule has 1 aliphatic heterocycles.